The molecule has 2 aromatic carbocycles. The molecule has 0 saturated heterocycles. The summed E-state index contributed by atoms with van der Waals surface area (Å²) in [7, 11) is 0. The van der Waals surface area contributed by atoms with E-state index in [-0.39, 0.29) is 18.0 Å². The van der Waals surface area contributed by atoms with Crippen LogP contribution < -0.4 is 11.1 Å². The molecular formula is C17H16ClN5. The van der Waals surface area contributed by atoms with Gasteiger partial charge in [0, 0.05) is 5.02 Å². The number of fused-ring (bicyclic) bond motifs is 1. The molecular weight excluding hydrogens is 310 g/mol. The number of hydrogen-bond acceptors (Lipinski definition) is 4. The van der Waals surface area contributed by atoms with Gasteiger partial charge in [0.05, 0.1) is 12.1 Å². The third-order valence-corrected chi connectivity index (χ3v) is 4.41. The van der Waals surface area contributed by atoms with Gasteiger partial charge in [0.25, 0.3) is 0 Å². The Morgan fingerprint density at radius 3 is 2.52 bits per heavy atom. The van der Waals surface area contributed by atoms with E-state index in [9.17, 15) is 0 Å². The van der Waals surface area contributed by atoms with Crippen LogP contribution in [0.25, 0.3) is 0 Å². The smallest absolute Gasteiger partial charge is 0.241 e. The Bertz CT molecular complexity index is 813. The molecule has 3 N–H and O–H groups in total. The van der Waals surface area contributed by atoms with Crippen molar-refractivity contribution in [3.63, 3.8) is 0 Å². The molecule has 0 spiro atoms. The molecule has 2 heterocycles. The van der Waals surface area contributed by atoms with Gasteiger partial charge >= 0.3 is 0 Å². The minimum Gasteiger partial charge on any atom is -0.366 e. The number of halogens is 1. The van der Waals surface area contributed by atoms with Crippen molar-refractivity contribution in [1.82, 2.24) is 14.8 Å². The summed E-state index contributed by atoms with van der Waals surface area (Å²) in [4.78, 5) is 4.31. The molecule has 1 aliphatic rings. The predicted octanol–water partition coefficient (Wildman–Crippen LogP) is 3.66. The van der Waals surface area contributed by atoms with Gasteiger partial charge in [-0.05, 0) is 29.7 Å². The van der Waals surface area contributed by atoms with Gasteiger partial charge in [-0.2, -0.15) is 4.98 Å². The van der Waals surface area contributed by atoms with Gasteiger partial charge in [-0.1, -0.05) is 54.1 Å². The quantitative estimate of drug-likeness (QED) is 0.754. The minimum atomic E-state index is 0.0953. The lowest BCUT2D eigenvalue weighted by Crippen LogP contribution is -2.28. The zero-order valence-electron chi connectivity index (χ0n) is 12.4. The third-order valence-electron chi connectivity index (χ3n) is 4.16. The fourth-order valence-electron chi connectivity index (χ4n) is 3.06. The summed E-state index contributed by atoms with van der Waals surface area (Å²) in [5, 5.41) is 8.50. The Hall–Kier alpha value is -2.53. The molecule has 1 aromatic heterocycles. The van der Waals surface area contributed by atoms with Gasteiger partial charge < -0.3 is 11.1 Å². The molecule has 4 rings (SSSR count). The molecule has 2 atom stereocenters. The first-order chi connectivity index (χ1) is 11.2. The van der Waals surface area contributed by atoms with Crippen molar-refractivity contribution in [1.29, 1.82) is 0 Å². The van der Waals surface area contributed by atoms with E-state index < -0.39 is 0 Å². The second-order valence-corrected chi connectivity index (χ2v) is 6.09. The maximum absolute atomic E-state index is 6.00. The van der Waals surface area contributed by atoms with Gasteiger partial charge in [0.15, 0.2) is 0 Å². The largest absolute Gasteiger partial charge is 0.366 e. The van der Waals surface area contributed by atoms with E-state index >= 15 is 0 Å². The number of nitrogen functional groups attached to an aromatic ring is 1. The van der Waals surface area contributed by atoms with Crippen LogP contribution in [0.4, 0.5) is 11.9 Å². The van der Waals surface area contributed by atoms with Crippen LogP contribution in [-0.2, 0) is 0 Å². The number of nitrogens with zero attached hydrogens (tertiary/aromatic N) is 3. The van der Waals surface area contributed by atoms with Crippen molar-refractivity contribution >= 4 is 23.5 Å². The first-order valence-electron chi connectivity index (χ1n) is 7.49. The highest BCUT2D eigenvalue weighted by atomic mass is 35.5. The highest BCUT2D eigenvalue weighted by molar-refractivity contribution is 6.30. The van der Waals surface area contributed by atoms with Crippen LogP contribution in [0.2, 0.25) is 5.02 Å². The number of rotatable bonds is 2. The summed E-state index contributed by atoms with van der Waals surface area (Å²) in [6, 6.07) is 18.4. The molecule has 0 saturated carbocycles. The molecule has 116 valence electrons. The van der Waals surface area contributed by atoms with Crippen molar-refractivity contribution in [3.05, 3.63) is 70.7 Å². The zero-order valence-corrected chi connectivity index (χ0v) is 13.1. The summed E-state index contributed by atoms with van der Waals surface area (Å²) in [5.74, 6) is 0.979. The second-order valence-electron chi connectivity index (χ2n) is 5.65. The van der Waals surface area contributed by atoms with E-state index in [0.29, 0.717) is 5.95 Å². The Morgan fingerprint density at radius 2 is 1.78 bits per heavy atom. The lowest BCUT2D eigenvalue weighted by molar-refractivity contribution is 0.431. The average Bonchev–Trinajstić information content (AvgIpc) is 2.95. The number of nitrogens with two attached hydrogens (primary N) is 1. The summed E-state index contributed by atoms with van der Waals surface area (Å²) in [6.45, 7) is 0. The van der Waals surface area contributed by atoms with E-state index in [1.54, 1.807) is 0 Å². The first kappa shape index (κ1) is 14.1. The molecule has 23 heavy (non-hydrogen) atoms. The monoisotopic (exact) mass is 325 g/mol. The van der Waals surface area contributed by atoms with Gasteiger partial charge in [-0.3, -0.25) is 0 Å². The SMILES string of the molecule is Nc1nc2n(n1)C(c1ccccc1)CC(c1ccc(Cl)cc1)N2. The standard InChI is InChI=1S/C17H16ClN5/c18-13-8-6-11(7-9-13)14-10-15(12-4-2-1-3-5-12)23-17(20-14)21-16(19)22-23/h1-9,14-15H,10H2,(H3,19,20,21,22). The summed E-state index contributed by atoms with van der Waals surface area (Å²) >= 11 is 6.00. The molecule has 5 nitrogen and oxygen atoms in total. The highest BCUT2D eigenvalue weighted by Gasteiger charge is 2.30. The van der Waals surface area contributed by atoms with Gasteiger partial charge in [0.2, 0.25) is 11.9 Å². The zero-order chi connectivity index (χ0) is 15.8. The Morgan fingerprint density at radius 1 is 1.04 bits per heavy atom. The normalized spacial score (nSPS) is 19.9. The number of nitrogens with one attached hydrogen (secondary N) is 1. The highest BCUT2D eigenvalue weighted by Crippen LogP contribution is 2.38. The van der Waals surface area contributed by atoms with E-state index in [2.05, 4.69) is 27.5 Å². The lowest BCUT2D eigenvalue weighted by atomic mass is 9.93. The summed E-state index contributed by atoms with van der Waals surface area (Å²) in [6.07, 6.45) is 0.863. The Balaban J connectivity index is 1.75. The molecule has 0 amide bonds. The van der Waals surface area contributed by atoms with Crippen LogP contribution in [0.1, 0.15) is 29.6 Å². The predicted molar refractivity (Wildman–Crippen MR) is 91.4 cm³/mol. The minimum absolute atomic E-state index is 0.0953. The summed E-state index contributed by atoms with van der Waals surface area (Å²) in [5.41, 5.74) is 8.17. The van der Waals surface area contributed by atoms with E-state index in [0.717, 1.165) is 11.4 Å². The molecule has 1 aliphatic heterocycles. The van der Waals surface area contributed by atoms with E-state index in [4.69, 9.17) is 17.3 Å². The molecule has 0 aliphatic carbocycles. The van der Waals surface area contributed by atoms with E-state index in [1.165, 1.54) is 11.1 Å². The fourth-order valence-corrected chi connectivity index (χ4v) is 3.19. The van der Waals surface area contributed by atoms with Crippen molar-refractivity contribution < 1.29 is 0 Å². The fraction of sp³-hybridized carbons (Fsp3) is 0.176. The number of aromatic nitrogens is 3. The summed E-state index contributed by atoms with van der Waals surface area (Å²) < 4.78 is 1.87. The van der Waals surface area contributed by atoms with Gasteiger partial charge in [0.1, 0.15) is 0 Å². The van der Waals surface area contributed by atoms with Crippen LogP contribution in [0, 0.1) is 0 Å². The van der Waals surface area contributed by atoms with Crippen LogP contribution in [-0.4, -0.2) is 14.8 Å². The molecule has 3 aromatic rings. The molecule has 0 fully saturated rings. The molecule has 2 unspecified atom stereocenters. The number of anilines is 2. The van der Waals surface area contributed by atoms with Gasteiger partial charge in [-0.25, -0.2) is 4.68 Å². The van der Waals surface area contributed by atoms with Crippen LogP contribution in [0.15, 0.2) is 54.6 Å². The van der Waals surface area contributed by atoms with Gasteiger partial charge in [-0.15, -0.1) is 5.10 Å². The lowest BCUT2D eigenvalue weighted by Gasteiger charge is -2.31. The topological polar surface area (TPSA) is 68.8 Å². The van der Waals surface area contributed by atoms with Crippen LogP contribution in [0.3, 0.4) is 0 Å². The molecule has 0 radical (unpaired) electrons. The maximum atomic E-state index is 6.00. The van der Waals surface area contributed by atoms with Crippen molar-refractivity contribution in [3.8, 4) is 0 Å². The second kappa shape index (κ2) is 5.59. The Kier molecular flexibility index (Phi) is 3.42. The van der Waals surface area contributed by atoms with Crippen molar-refractivity contribution in [2.75, 3.05) is 11.1 Å². The van der Waals surface area contributed by atoms with Crippen LogP contribution >= 0.6 is 11.6 Å². The maximum Gasteiger partial charge on any atom is 0.241 e. The first-order valence-corrected chi connectivity index (χ1v) is 7.87. The number of hydrogen-bond donors (Lipinski definition) is 2. The molecule has 0 bridgehead atoms. The third kappa shape index (κ3) is 2.64. The van der Waals surface area contributed by atoms with Crippen molar-refractivity contribution in [2.45, 2.75) is 18.5 Å². The Labute approximate surface area is 139 Å². The van der Waals surface area contributed by atoms with Crippen LogP contribution in [0.5, 0.6) is 0 Å². The molecule has 6 heteroatoms. The van der Waals surface area contributed by atoms with E-state index in [1.807, 2.05) is 47.1 Å². The van der Waals surface area contributed by atoms with Crippen molar-refractivity contribution in [2.24, 2.45) is 0 Å². The number of benzene rings is 2. The average molecular weight is 326 g/mol.